The van der Waals surface area contributed by atoms with E-state index in [1.54, 1.807) is 11.1 Å². The highest BCUT2D eigenvalue weighted by molar-refractivity contribution is 5.74. The molecule has 1 heterocycles. The average molecular weight is 283 g/mol. The molecular weight excluding hydrogens is 262 g/mol. The Hall–Kier alpha value is -2.36. The quantitative estimate of drug-likeness (QED) is 0.916. The third-order valence-electron chi connectivity index (χ3n) is 3.60. The summed E-state index contributed by atoms with van der Waals surface area (Å²) in [7, 11) is 1.82. The van der Waals surface area contributed by atoms with Gasteiger partial charge in [-0.1, -0.05) is 36.4 Å². The second kappa shape index (κ2) is 7.43. The standard InChI is InChI=1S/C17H21N3O/c1-14(16-8-4-3-5-9-16)20(2)17(21)19-12-10-15-7-6-11-18-13-15/h3-9,11,13-14H,10,12H2,1-2H3,(H,19,21)/t14-/m0/s1. The molecule has 0 aliphatic carbocycles. The molecule has 1 N–H and O–H groups in total. The van der Waals surface area contributed by atoms with Crippen molar-refractivity contribution >= 4 is 6.03 Å². The zero-order valence-corrected chi connectivity index (χ0v) is 12.5. The number of pyridine rings is 1. The van der Waals surface area contributed by atoms with E-state index in [9.17, 15) is 4.79 Å². The number of nitrogens with one attached hydrogen (secondary N) is 1. The van der Waals surface area contributed by atoms with Gasteiger partial charge in [0.05, 0.1) is 6.04 Å². The van der Waals surface area contributed by atoms with Crippen LogP contribution in [0.2, 0.25) is 0 Å². The molecule has 0 saturated heterocycles. The first-order chi connectivity index (χ1) is 10.2. The van der Waals surface area contributed by atoms with Crippen molar-refractivity contribution in [2.24, 2.45) is 0 Å². The number of urea groups is 1. The lowest BCUT2D eigenvalue weighted by Gasteiger charge is -2.25. The van der Waals surface area contributed by atoms with Gasteiger partial charge in [-0.25, -0.2) is 4.79 Å². The topological polar surface area (TPSA) is 45.2 Å². The minimum atomic E-state index is -0.0600. The average Bonchev–Trinajstić information content (AvgIpc) is 2.55. The van der Waals surface area contributed by atoms with Gasteiger partial charge in [0.2, 0.25) is 0 Å². The third kappa shape index (κ3) is 4.31. The highest BCUT2D eigenvalue weighted by Gasteiger charge is 2.16. The Morgan fingerprint density at radius 1 is 1.24 bits per heavy atom. The summed E-state index contributed by atoms with van der Waals surface area (Å²) in [5, 5.41) is 2.94. The molecule has 1 aromatic heterocycles. The lowest BCUT2D eigenvalue weighted by atomic mass is 10.1. The summed E-state index contributed by atoms with van der Waals surface area (Å²) in [5.41, 5.74) is 2.25. The van der Waals surface area contributed by atoms with Crippen molar-refractivity contribution in [2.75, 3.05) is 13.6 Å². The molecule has 2 rings (SSSR count). The Labute approximate surface area is 125 Å². The lowest BCUT2D eigenvalue weighted by Crippen LogP contribution is -2.39. The summed E-state index contributed by atoms with van der Waals surface area (Å²) in [5.74, 6) is 0. The van der Waals surface area contributed by atoms with E-state index in [-0.39, 0.29) is 12.1 Å². The van der Waals surface area contributed by atoms with Crippen LogP contribution < -0.4 is 5.32 Å². The third-order valence-corrected chi connectivity index (χ3v) is 3.60. The van der Waals surface area contributed by atoms with Gasteiger partial charge in [0.15, 0.2) is 0 Å². The van der Waals surface area contributed by atoms with Crippen molar-refractivity contribution in [3.8, 4) is 0 Å². The summed E-state index contributed by atoms with van der Waals surface area (Å²) in [6.45, 7) is 2.63. The molecule has 2 amide bonds. The normalized spacial score (nSPS) is 11.7. The van der Waals surface area contributed by atoms with Gasteiger partial charge in [0.25, 0.3) is 0 Å². The summed E-state index contributed by atoms with van der Waals surface area (Å²) < 4.78 is 0. The number of hydrogen-bond acceptors (Lipinski definition) is 2. The smallest absolute Gasteiger partial charge is 0.317 e. The van der Waals surface area contributed by atoms with E-state index in [1.807, 2.05) is 62.6 Å². The Morgan fingerprint density at radius 3 is 2.67 bits per heavy atom. The monoisotopic (exact) mass is 283 g/mol. The van der Waals surface area contributed by atoms with Crippen LogP contribution in [0, 0.1) is 0 Å². The molecule has 0 bridgehead atoms. The number of hydrogen-bond donors (Lipinski definition) is 1. The predicted molar refractivity (Wildman–Crippen MR) is 84.0 cm³/mol. The number of nitrogens with zero attached hydrogens (tertiary/aromatic N) is 2. The fraction of sp³-hybridized carbons (Fsp3) is 0.294. The van der Waals surface area contributed by atoms with Crippen molar-refractivity contribution in [2.45, 2.75) is 19.4 Å². The first kappa shape index (κ1) is 15.0. The first-order valence-corrected chi connectivity index (χ1v) is 7.13. The van der Waals surface area contributed by atoms with E-state index in [4.69, 9.17) is 0 Å². The summed E-state index contributed by atoms with van der Waals surface area (Å²) >= 11 is 0. The minimum Gasteiger partial charge on any atom is -0.338 e. The number of rotatable bonds is 5. The van der Waals surface area contributed by atoms with Crippen LogP contribution in [0.4, 0.5) is 4.79 Å². The zero-order chi connectivity index (χ0) is 15.1. The van der Waals surface area contributed by atoms with Gasteiger partial charge < -0.3 is 10.2 Å². The summed E-state index contributed by atoms with van der Waals surface area (Å²) in [4.78, 5) is 17.9. The molecule has 0 unspecified atom stereocenters. The SMILES string of the molecule is C[C@@H](c1ccccc1)N(C)C(=O)NCCc1cccnc1. The van der Waals surface area contributed by atoms with Crippen LogP contribution in [-0.4, -0.2) is 29.5 Å². The van der Waals surface area contributed by atoms with Gasteiger partial charge in [-0.3, -0.25) is 4.98 Å². The summed E-state index contributed by atoms with van der Waals surface area (Å²) in [6.07, 6.45) is 4.35. The van der Waals surface area contributed by atoms with Crippen LogP contribution in [0.15, 0.2) is 54.9 Å². The zero-order valence-electron chi connectivity index (χ0n) is 12.5. The number of carbonyl (C=O) groups is 1. The Balaban J connectivity index is 1.82. The molecule has 0 aliphatic heterocycles. The fourth-order valence-electron chi connectivity index (χ4n) is 2.12. The number of carbonyl (C=O) groups excluding carboxylic acids is 1. The largest absolute Gasteiger partial charge is 0.338 e. The second-order valence-corrected chi connectivity index (χ2v) is 5.04. The van der Waals surface area contributed by atoms with E-state index in [2.05, 4.69) is 10.3 Å². The van der Waals surface area contributed by atoms with Crippen LogP contribution in [0.3, 0.4) is 0 Å². The van der Waals surface area contributed by atoms with Crippen LogP contribution in [0.5, 0.6) is 0 Å². The molecule has 1 atom stereocenters. The van der Waals surface area contributed by atoms with Crippen LogP contribution >= 0.6 is 0 Å². The first-order valence-electron chi connectivity index (χ1n) is 7.13. The molecule has 0 saturated carbocycles. The molecule has 4 heteroatoms. The molecule has 0 spiro atoms. The molecule has 1 aromatic carbocycles. The molecule has 2 aromatic rings. The van der Waals surface area contributed by atoms with E-state index >= 15 is 0 Å². The highest BCUT2D eigenvalue weighted by Crippen LogP contribution is 2.17. The molecule has 110 valence electrons. The van der Waals surface area contributed by atoms with E-state index in [1.165, 1.54) is 0 Å². The van der Waals surface area contributed by atoms with Crippen LogP contribution in [0.1, 0.15) is 24.1 Å². The molecule has 0 radical (unpaired) electrons. The molecule has 0 aliphatic rings. The Bertz CT molecular complexity index is 557. The van der Waals surface area contributed by atoms with Crippen LogP contribution in [0.25, 0.3) is 0 Å². The van der Waals surface area contributed by atoms with Gasteiger partial charge >= 0.3 is 6.03 Å². The van der Waals surface area contributed by atoms with Crippen molar-refractivity contribution in [3.63, 3.8) is 0 Å². The number of benzene rings is 1. The maximum absolute atomic E-state index is 12.1. The Morgan fingerprint density at radius 2 is 2.00 bits per heavy atom. The van der Waals surface area contributed by atoms with Gasteiger partial charge in [0.1, 0.15) is 0 Å². The van der Waals surface area contributed by atoms with Crippen molar-refractivity contribution in [3.05, 3.63) is 66.0 Å². The molecule has 21 heavy (non-hydrogen) atoms. The molecule has 0 fully saturated rings. The van der Waals surface area contributed by atoms with E-state index < -0.39 is 0 Å². The van der Waals surface area contributed by atoms with Gasteiger partial charge in [-0.2, -0.15) is 0 Å². The summed E-state index contributed by atoms with van der Waals surface area (Å²) in [6, 6.07) is 13.9. The second-order valence-electron chi connectivity index (χ2n) is 5.04. The fourth-order valence-corrected chi connectivity index (χ4v) is 2.12. The van der Waals surface area contributed by atoms with Gasteiger partial charge in [-0.05, 0) is 30.5 Å². The van der Waals surface area contributed by atoms with E-state index in [0.29, 0.717) is 6.54 Å². The van der Waals surface area contributed by atoms with Crippen molar-refractivity contribution < 1.29 is 4.79 Å². The van der Waals surface area contributed by atoms with Gasteiger partial charge in [-0.15, -0.1) is 0 Å². The highest BCUT2D eigenvalue weighted by atomic mass is 16.2. The molecule has 4 nitrogen and oxygen atoms in total. The lowest BCUT2D eigenvalue weighted by molar-refractivity contribution is 0.194. The molecular formula is C17H21N3O. The predicted octanol–water partition coefficient (Wildman–Crippen LogP) is 3.03. The van der Waals surface area contributed by atoms with E-state index in [0.717, 1.165) is 17.5 Å². The number of aromatic nitrogens is 1. The Kier molecular flexibility index (Phi) is 5.32. The van der Waals surface area contributed by atoms with Crippen molar-refractivity contribution in [1.29, 1.82) is 0 Å². The minimum absolute atomic E-state index is 0.0459. The van der Waals surface area contributed by atoms with Crippen molar-refractivity contribution in [1.82, 2.24) is 15.2 Å². The maximum Gasteiger partial charge on any atom is 0.317 e. The van der Waals surface area contributed by atoms with Crippen LogP contribution in [-0.2, 0) is 6.42 Å². The maximum atomic E-state index is 12.1. The van der Waals surface area contributed by atoms with Gasteiger partial charge in [0, 0.05) is 26.0 Å². The number of amides is 2.